The highest BCUT2D eigenvalue weighted by molar-refractivity contribution is 7.99. The summed E-state index contributed by atoms with van der Waals surface area (Å²) in [7, 11) is 0. The number of amides is 1. The van der Waals surface area contributed by atoms with Crippen molar-refractivity contribution >= 4 is 34.1 Å². The van der Waals surface area contributed by atoms with Gasteiger partial charge in [-0.05, 0) is 26.0 Å². The maximum absolute atomic E-state index is 12.1. The maximum atomic E-state index is 12.1. The molecule has 1 amide bonds. The topological polar surface area (TPSA) is 81.9 Å². The van der Waals surface area contributed by atoms with Gasteiger partial charge in [0.05, 0.1) is 5.75 Å². The van der Waals surface area contributed by atoms with E-state index in [2.05, 4.69) is 27.1 Å². The molecule has 1 N–H and O–H groups in total. The Morgan fingerprint density at radius 1 is 1.39 bits per heavy atom. The number of hydrogen-bond donors (Lipinski definition) is 1. The van der Waals surface area contributed by atoms with Crippen LogP contribution in [0.15, 0.2) is 53.7 Å². The lowest BCUT2D eigenvalue weighted by molar-refractivity contribution is -0.113. The van der Waals surface area contributed by atoms with Gasteiger partial charge in [0.15, 0.2) is 22.2 Å². The summed E-state index contributed by atoms with van der Waals surface area (Å²) in [6.07, 6.45) is 3.12. The predicted molar refractivity (Wildman–Crippen MR) is 112 cm³/mol. The van der Waals surface area contributed by atoms with Gasteiger partial charge < -0.3 is 10.1 Å². The second kappa shape index (κ2) is 9.52. The first-order chi connectivity index (χ1) is 13.6. The SMILES string of the molecule is C=CCn1c(SCC(=O)Nc2nccs2)nnc1C(C)Oc1ccc(C)cc1. The number of carbonyl (C=O) groups is 1. The zero-order valence-electron chi connectivity index (χ0n) is 15.7. The molecular formula is C19H21N5O2S2. The fraction of sp³-hybridized carbons (Fsp3) is 0.263. The van der Waals surface area contributed by atoms with Gasteiger partial charge in [0.25, 0.3) is 0 Å². The van der Waals surface area contributed by atoms with E-state index in [1.807, 2.05) is 48.1 Å². The molecule has 0 radical (unpaired) electrons. The standard InChI is InChI=1S/C19H21N5O2S2/c1-4-10-24-17(14(3)26-15-7-5-13(2)6-8-15)22-23-19(24)28-12-16(25)21-18-20-9-11-27-18/h4-9,11,14H,1,10,12H2,2-3H3,(H,20,21,25). The van der Waals surface area contributed by atoms with Crippen LogP contribution < -0.4 is 10.1 Å². The van der Waals surface area contributed by atoms with E-state index in [9.17, 15) is 4.79 Å². The van der Waals surface area contributed by atoms with Crippen LogP contribution in [0.1, 0.15) is 24.4 Å². The van der Waals surface area contributed by atoms with Crippen molar-refractivity contribution in [2.45, 2.75) is 31.7 Å². The highest BCUT2D eigenvalue weighted by Gasteiger charge is 2.20. The van der Waals surface area contributed by atoms with Crippen LogP contribution in [0, 0.1) is 6.92 Å². The highest BCUT2D eigenvalue weighted by atomic mass is 32.2. The van der Waals surface area contributed by atoms with Crippen LogP contribution in [0.5, 0.6) is 5.75 Å². The van der Waals surface area contributed by atoms with Crippen molar-refractivity contribution in [2.75, 3.05) is 11.1 Å². The molecule has 0 fully saturated rings. The summed E-state index contributed by atoms with van der Waals surface area (Å²) in [5, 5.41) is 14.3. The summed E-state index contributed by atoms with van der Waals surface area (Å²) in [5.74, 6) is 1.52. The number of nitrogens with zero attached hydrogens (tertiary/aromatic N) is 4. The molecule has 7 nitrogen and oxygen atoms in total. The van der Waals surface area contributed by atoms with Crippen LogP contribution in [-0.2, 0) is 11.3 Å². The van der Waals surface area contributed by atoms with Crippen molar-refractivity contribution in [1.29, 1.82) is 0 Å². The fourth-order valence-corrected chi connectivity index (χ4v) is 3.75. The minimum atomic E-state index is -0.298. The molecule has 2 heterocycles. The van der Waals surface area contributed by atoms with Crippen molar-refractivity contribution < 1.29 is 9.53 Å². The van der Waals surface area contributed by atoms with E-state index in [1.165, 1.54) is 28.7 Å². The third-order valence-corrected chi connectivity index (χ3v) is 5.42. The third-order valence-electron chi connectivity index (χ3n) is 3.77. The maximum Gasteiger partial charge on any atom is 0.236 e. The molecular weight excluding hydrogens is 394 g/mol. The first-order valence-electron chi connectivity index (χ1n) is 8.66. The van der Waals surface area contributed by atoms with Gasteiger partial charge in [0.2, 0.25) is 5.91 Å². The molecule has 28 heavy (non-hydrogen) atoms. The van der Waals surface area contributed by atoms with Gasteiger partial charge in [-0.25, -0.2) is 4.98 Å². The molecule has 1 unspecified atom stereocenters. The number of benzene rings is 1. The zero-order chi connectivity index (χ0) is 19.9. The van der Waals surface area contributed by atoms with Gasteiger partial charge in [0.1, 0.15) is 5.75 Å². The summed E-state index contributed by atoms with van der Waals surface area (Å²) in [6.45, 7) is 8.28. The first-order valence-corrected chi connectivity index (χ1v) is 10.5. The lowest BCUT2D eigenvalue weighted by Crippen LogP contribution is -2.15. The Kier molecular flexibility index (Phi) is 6.83. The molecule has 0 aliphatic heterocycles. The number of thioether (sulfide) groups is 1. The van der Waals surface area contributed by atoms with Crippen molar-refractivity contribution in [3.8, 4) is 5.75 Å². The number of rotatable bonds is 9. The van der Waals surface area contributed by atoms with Crippen molar-refractivity contribution in [3.05, 3.63) is 59.9 Å². The Morgan fingerprint density at radius 3 is 2.86 bits per heavy atom. The average molecular weight is 416 g/mol. The molecule has 3 rings (SSSR count). The quantitative estimate of drug-likeness (QED) is 0.419. The summed E-state index contributed by atoms with van der Waals surface area (Å²) < 4.78 is 7.91. The second-order valence-corrected chi connectivity index (χ2v) is 7.82. The molecule has 0 saturated heterocycles. The summed E-state index contributed by atoms with van der Waals surface area (Å²) in [5.41, 5.74) is 1.17. The molecule has 0 aliphatic carbocycles. The van der Waals surface area contributed by atoms with Gasteiger partial charge in [0, 0.05) is 18.1 Å². The predicted octanol–water partition coefficient (Wildman–Crippen LogP) is 4.10. The van der Waals surface area contributed by atoms with Crippen LogP contribution in [0.4, 0.5) is 5.13 Å². The number of carbonyl (C=O) groups excluding carboxylic acids is 1. The van der Waals surface area contributed by atoms with E-state index >= 15 is 0 Å². The molecule has 2 aromatic heterocycles. The Labute approximate surface area is 171 Å². The smallest absolute Gasteiger partial charge is 0.236 e. The molecule has 0 aliphatic rings. The monoisotopic (exact) mass is 415 g/mol. The Hall–Kier alpha value is -2.65. The Bertz CT molecular complexity index is 922. The number of nitrogens with one attached hydrogen (secondary N) is 1. The second-order valence-electron chi connectivity index (χ2n) is 5.99. The van der Waals surface area contributed by atoms with Crippen molar-refractivity contribution in [3.63, 3.8) is 0 Å². The van der Waals surface area contributed by atoms with E-state index < -0.39 is 0 Å². The van der Waals surface area contributed by atoms with Gasteiger partial charge in [-0.1, -0.05) is 35.5 Å². The molecule has 3 aromatic rings. The molecule has 146 valence electrons. The van der Waals surface area contributed by atoms with E-state index in [1.54, 1.807) is 12.3 Å². The Morgan fingerprint density at radius 2 is 2.18 bits per heavy atom. The normalized spacial score (nSPS) is 11.8. The van der Waals surface area contributed by atoms with Crippen molar-refractivity contribution in [2.24, 2.45) is 0 Å². The lowest BCUT2D eigenvalue weighted by Gasteiger charge is -2.15. The van der Waals surface area contributed by atoms with E-state index in [4.69, 9.17) is 4.74 Å². The number of aromatic nitrogens is 4. The largest absolute Gasteiger partial charge is 0.483 e. The van der Waals surface area contributed by atoms with E-state index in [0.29, 0.717) is 22.7 Å². The fourth-order valence-electron chi connectivity index (χ4n) is 2.45. The molecule has 0 bridgehead atoms. The van der Waals surface area contributed by atoms with Crippen LogP contribution in [0.2, 0.25) is 0 Å². The zero-order valence-corrected chi connectivity index (χ0v) is 17.3. The van der Waals surface area contributed by atoms with Crippen LogP contribution in [-0.4, -0.2) is 31.4 Å². The van der Waals surface area contributed by atoms with E-state index in [0.717, 1.165) is 5.75 Å². The number of anilines is 1. The molecule has 1 aromatic carbocycles. The van der Waals surface area contributed by atoms with E-state index in [-0.39, 0.29) is 17.8 Å². The summed E-state index contributed by atoms with van der Waals surface area (Å²) in [4.78, 5) is 16.1. The van der Waals surface area contributed by atoms with Gasteiger partial charge in [-0.2, -0.15) is 0 Å². The third kappa shape index (κ3) is 5.20. The van der Waals surface area contributed by atoms with Gasteiger partial charge in [-0.15, -0.1) is 28.1 Å². The number of aryl methyl sites for hydroxylation is 1. The van der Waals surface area contributed by atoms with Crippen molar-refractivity contribution in [1.82, 2.24) is 19.7 Å². The van der Waals surface area contributed by atoms with Gasteiger partial charge in [-0.3, -0.25) is 9.36 Å². The highest BCUT2D eigenvalue weighted by Crippen LogP contribution is 2.25. The number of allylic oxidation sites excluding steroid dienone is 1. The molecule has 1 atom stereocenters. The first kappa shape index (κ1) is 20.1. The molecule has 0 saturated carbocycles. The molecule has 9 heteroatoms. The summed E-state index contributed by atoms with van der Waals surface area (Å²) in [6, 6.07) is 7.86. The number of thiazole rings is 1. The average Bonchev–Trinajstić information content (AvgIpc) is 3.32. The lowest BCUT2D eigenvalue weighted by atomic mass is 10.2. The van der Waals surface area contributed by atoms with Crippen LogP contribution >= 0.6 is 23.1 Å². The number of hydrogen-bond acceptors (Lipinski definition) is 7. The minimum Gasteiger partial charge on any atom is -0.483 e. The summed E-state index contributed by atoms with van der Waals surface area (Å²) >= 11 is 2.69. The van der Waals surface area contributed by atoms with Crippen LogP contribution in [0.25, 0.3) is 0 Å². The Balaban J connectivity index is 1.67. The van der Waals surface area contributed by atoms with Crippen LogP contribution in [0.3, 0.4) is 0 Å². The minimum absolute atomic E-state index is 0.140. The molecule has 0 spiro atoms. The van der Waals surface area contributed by atoms with Gasteiger partial charge >= 0.3 is 0 Å². The number of ether oxygens (including phenoxy) is 1.